The molecule has 0 unspecified atom stereocenters. The van der Waals surface area contributed by atoms with E-state index in [1.54, 1.807) is 54.6 Å². The first-order valence-electron chi connectivity index (χ1n) is 22.3. The Labute approximate surface area is 390 Å². The normalized spacial score (nSPS) is 14.6. The number of phenols is 4. The predicted octanol–water partition coefficient (Wildman–Crippen LogP) is 7.05. The van der Waals surface area contributed by atoms with E-state index >= 15 is 0 Å². The molecule has 16 heteroatoms. The van der Waals surface area contributed by atoms with E-state index in [0.717, 1.165) is 38.5 Å². The second-order valence-corrected chi connectivity index (χ2v) is 16.8. The minimum Gasteiger partial charge on any atom is -0.508 e. The summed E-state index contributed by atoms with van der Waals surface area (Å²) in [5, 5.41) is 45.8. The predicted molar refractivity (Wildman–Crippen MR) is 247 cm³/mol. The van der Waals surface area contributed by atoms with E-state index in [1.807, 2.05) is 0 Å². The van der Waals surface area contributed by atoms with Gasteiger partial charge in [0.2, 0.25) is 0 Å². The van der Waals surface area contributed by atoms with Crippen molar-refractivity contribution in [1.29, 1.82) is 0 Å². The van der Waals surface area contributed by atoms with Crippen LogP contribution >= 0.6 is 0 Å². The molecule has 68 heavy (non-hydrogen) atoms. The van der Waals surface area contributed by atoms with E-state index < -0.39 is 23.1 Å². The number of hydrogen-bond acceptors (Lipinski definition) is 14. The number of esters is 2. The summed E-state index contributed by atoms with van der Waals surface area (Å²) in [5.41, 5.74) is 12.8. The van der Waals surface area contributed by atoms with Gasteiger partial charge < -0.3 is 61.5 Å². The maximum atomic E-state index is 13.1. The van der Waals surface area contributed by atoms with Crippen LogP contribution in [0, 0.1) is 0 Å². The number of amides is 2. The highest BCUT2D eigenvalue weighted by Crippen LogP contribution is 2.58. The molecule has 0 saturated heterocycles. The fourth-order valence-electron chi connectivity index (χ4n) is 9.19. The quantitative estimate of drug-likeness (QED) is 0.0452. The number of hydrogen-bond donors (Lipinski definition) is 8. The number of phenolic OH excluding ortho intramolecular Hbond substituents is 4. The summed E-state index contributed by atoms with van der Waals surface area (Å²) in [7, 11) is 0. The maximum Gasteiger partial charge on any atom is 0.340 e. The van der Waals surface area contributed by atoms with Crippen LogP contribution in [0.3, 0.4) is 0 Å². The first kappa shape index (κ1) is 45.1. The van der Waals surface area contributed by atoms with E-state index in [9.17, 15) is 39.6 Å². The van der Waals surface area contributed by atoms with Gasteiger partial charge >= 0.3 is 11.9 Å². The van der Waals surface area contributed by atoms with Gasteiger partial charge in [-0.1, -0.05) is 18.9 Å². The lowest BCUT2D eigenvalue weighted by Gasteiger charge is -2.36. The number of rotatable bonds is 12. The Balaban J connectivity index is 0.000000170. The molecule has 0 fully saturated rings. The molecule has 16 nitrogen and oxygen atoms in total. The van der Waals surface area contributed by atoms with E-state index in [4.69, 9.17) is 30.4 Å². The van der Waals surface area contributed by atoms with Gasteiger partial charge in [0.1, 0.15) is 46.0 Å². The molecule has 348 valence electrons. The van der Waals surface area contributed by atoms with E-state index in [1.165, 1.54) is 54.6 Å². The van der Waals surface area contributed by atoms with Crippen LogP contribution in [-0.2, 0) is 20.7 Å². The second kappa shape index (κ2) is 18.3. The second-order valence-electron chi connectivity index (χ2n) is 16.8. The topological polar surface area (TPSA) is 262 Å². The molecule has 4 aliphatic rings. The number of unbranched alkanes of at least 4 members (excludes halogenated alkanes) is 4. The number of benzene rings is 6. The van der Waals surface area contributed by atoms with Crippen molar-refractivity contribution in [3.05, 3.63) is 165 Å². The van der Waals surface area contributed by atoms with Crippen LogP contribution in [0.4, 0.5) is 0 Å². The number of fused-ring (bicyclic) bond motifs is 12. The van der Waals surface area contributed by atoms with Gasteiger partial charge in [0.25, 0.3) is 11.8 Å². The summed E-state index contributed by atoms with van der Waals surface area (Å²) < 4.78 is 23.9. The lowest BCUT2D eigenvalue weighted by molar-refractivity contribution is 0.0214. The molecule has 0 atom stereocenters. The molecule has 4 heterocycles. The average Bonchev–Trinajstić information content (AvgIpc) is 3.78. The lowest BCUT2D eigenvalue weighted by atomic mass is 9.77. The molecule has 10 rings (SSSR count). The van der Waals surface area contributed by atoms with Gasteiger partial charge in [0.15, 0.2) is 11.2 Å². The fourth-order valence-corrected chi connectivity index (χ4v) is 9.19. The third-order valence-corrected chi connectivity index (χ3v) is 12.4. The van der Waals surface area contributed by atoms with Crippen molar-refractivity contribution in [3.8, 4) is 46.0 Å². The number of nitrogens with two attached hydrogens (primary N) is 2. The number of aromatic hydroxyl groups is 4. The highest BCUT2D eigenvalue weighted by atomic mass is 16.6. The van der Waals surface area contributed by atoms with Gasteiger partial charge in [-0.2, -0.15) is 0 Å². The molecule has 4 aliphatic heterocycles. The number of carbonyl (C=O) groups excluding carboxylic acids is 4. The van der Waals surface area contributed by atoms with Gasteiger partial charge in [-0.25, -0.2) is 9.59 Å². The van der Waals surface area contributed by atoms with Crippen LogP contribution in [0.1, 0.15) is 113 Å². The third kappa shape index (κ3) is 7.92. The minimum atomic E-state index is -1.39. The van der Waals surface area contributed by atoms with Crippen molar-refractivity contribution in [2.24, 2.45) is 11.5 Å². The summed E-state index contributed by atoms with van der Waals surface area (Å²) in [6.45, 7) is 2.29. The van der Waals surface area contributed by atoms with Crippen molar-refractivity contribution in [1.82, 2.24) is 10.6 Å². The van der Waals surface area contributed by atoms with Crippen molar-refractivity contribution in [2.75, 3.05) is 26.2 Å². The Hall–Kier alpha value is -8.08. The van der Waals surface area contributed by atoms with Gasteiger partial charge in [-0.15, -0.1) is 0 Å². The summed E-state index contributed by atoms with van der Waals surface area (Å²) in [5.74, 6) is -0.536. The highest BCUT2D eigenvalue weighted by molar-refractivity contribution is 6.02. The Morgan fingerprint density at radius 1 is 0.441 bits per heavy atom. The highest BCUT2D eigenvalue weighted by Gasteiger charge is 2.55. The SMILES string of the molecule is NCCCCCNC(=O)c1ccc2c(c1)C(=O)OC21c2ccc(O)cc2Oc2cc(O)ccc21.NCCCCCNC(=O)c1ccc2c(c1)C1(OC2=O)c2ccc(O)cc2Oc2cc(O)ccc21. The summed E-state index contributed by atoms with van der Waals surface area (Å²) in [6.07, 6.45) is 5.33. The average molecular weight is 921 g/mol. The van der Waals surface area contributed by atoms with Crippen LogP contribution in [0.2, 0.25) is 0 Å². The van der Waals surface area contributed by atoms with Crippen molar-refractivity contribution >= 4 is 23.8 Å². The molecule has 0 saturated carbocycles. The molecule has 6 aromatic carbocycles. The Kier molecular flexibility index (Phi) is 12.1. The molecule has 2 amide bonds. The molecule has 0 bridgehead atoms. The standard InChI is InChI=1S/2C26H24N2O6/c27-10-2-1-3-11-28-24(31)15-4-7-19-18(12-15)25(32)34-26(19)20-8-5-16(29)13-22(20)33-23-14-17(30)6-9-21(23)26;27-10-2-1-3-11-28-24(31)15-4-7-18-21(12-15)26(34-25(18)32)19-8-5-16(29)13-22(19)33-23-14-17(30)6-9-20(23)26/h2*4-9,12-14,29-30H,1-3,10-11,27H2,(H,28,31). The zero-order valence-electron chi connectivity index (χ0n) is 36.7. The van der Waals surface area contributed by atoms with Gasteiger partial charge in [0.05, 0.1) is 11.1 Å². The van der Waals surface area contributed by atoms with Crippen molar-refractivity contribution < 1.29 is 58.6 Å². The lowest BCUT2D eigenvalue weighted by Crippen LogP contribution is -2.33. The molecule has 2 spiro atoms. The number of carbonyl (C=O) groups is 4. The third-order valence-electron chi connectivity index (χ3n) is 12.4. The zero-order valence-corrected chi connectivity index (χ0v) is 36.7. The molecule has 0 radical (unpaired) electrons. The van der Waals surface area contributed by atoms with Gasteiger partial charge in [-0.05, 0) is 118 Å². The van der Waals surface area contributed by atoms with E-state index in [0.29, 0.717) is 87.7 Å². The molecule has 0 aromatic heterocycles. The maximum absolute atomic E-state index is 13.1. The van der Waals surface area contributed by atoms with Crippen LogP contribution < -0.4 is 31.6 Å². The molecular weight excluding hydrogens is 873 g/mol. The largest absolute Gasteiger partial charge is 0.508 e. The summed E-state index contributed by atoms with van der Waals surface area (Å²) in [4.78, 5) is 51.6. The van der Waals surface area contributed by atoms with E-state index in [-0.39, 0.29) is 51.9 Å². The first-order chi connectivity index (χ1) is 32.9. The Morgan fingerprint density at radius 3 is 1.26 bits per heavy atom. The Bertz CT molecular complexity index is 2900. The van der Waals surface area contributed by atoms with Crippen LogP contribution in [-0.4, -0.2) is 70.4 Å². The number of ether oxygens (including phenoxy) is 4. The van der Waals surface area contributed by atoms with Gasteiger partial charge in [-0.3, -0.25) is 9.59 Å². The molecule has 10 N–H and O–H groups in total. The molecule has 6 aromatic rings. The minimum absolute atomic E-state index is 0.0134. The van der Waals surface area contributed by atoms with Crippen LogP contribution in [0.15, 0.2) is 109 Å². The monoisotopic (exact) mass is 920 g/mol. The summed E-state index contributed by atoms with van der Waals surface area (Å²) in [6, 6.07) is 28.0. The van der Waals surface area contributed by atoms with E-state index in [2.05, 4.69) is 10.6 Å². The number of nitrogens with one attached hydrogen (secondary N) is 2. The van der Waals surface area contributed by atoms with Crippen LogP contribution in [0.25, 0.3) is 0 Å². The van der Waals surface area contributed by atoms with Gasteiger partial charge in [0, 0.05) is 81.9 Å². The molecule has 0 aliphatic carbocycles. The zero-order chi connectivity index (χ0) is 47.7. The van der Waals surface area contributed by atoms with Crippen molar-refractivity contribution in [3.63, 3.8) is 0 Å². The van der Waals surface area contributed by atoms with Crippen LogP contribution in [0.5, 0.6) is 46.0 Å². The molecular formula is C52H48N4O12. The summed E-state index contributed by atoms with van der Waals surface area (Å²) >= 11 is 0. The smallest absolute Gasteiger partial charge is 0.340 e. The Morgan fingerprint density at radius 2 is 0.824 bits per heavy atom. The van der Waals surface area contributed by atoms with Crippen molar-refractivity contribution in [2.45, 2.75) is 49.7 Å². The fraction of sp³-hybridized carbons (Fsp3) is 0.231. The first-order valence-corrected chi connectivity index (χ1v) is 22.3.